The highest BCUT2D eigenvalue weighted by molar-refractivity contribution is 5.81. The van der Waals surface area contributed by atoms with Crippen molar-refractivity contribution in [2.24, 2.45) is 5.73 Å². The molecule has 2 rings (SSSR count). The lowest BCUT2D eigenvalue weighted by atomic mass is 10.0. The van der Waals surface area contributed by atoms with Gasteiger partial charge in [-0.05, 0) is 31.4 Å². The van der Waals surface area contributed by atoms with Gasteiger partial charge in [-0.25, -0.2) is 4.98 Å². The van der Waals surface area contributed by atoms with E-state index >= 15 is 0 Å². The molecule has 0 bridgehead atoms. The highest BCUT2D eigenvalue weighted by Crippen LogP contribution is 2.17. The van der Waals surface area contributed by atoms with E-state index in [2.05, 4.69) is 15.2 Å². The topological polar surface area (TPSA) is 71.2 Å². The van der Waals surface area contributed by atoms with E-state index in [4.69, 9.17) is 5.73 Å². The summed E-state index contributed by atoms with van der Waals surface area (Å²) < 4.78 is 0. The minimum absolute atomic E-state index is 0.0289. The van der Waals surface area contributed by atoms with Crippen LogP contribution in [0, 0.1) is 0 Å². The summed E-state index contributed by atoms with van der Waals surface area (Å²) >= 11 is 0. The molecule has 0 radical (unpaired) electrons. The standard InChI is InChI=1S/C14H22N4O/c1-2-12(15)14(19)17-11-6-9-18(10-7-11)13-5-3-4-8-16-13/h3-5,8,11-12H,2,6-7,9-10,15H2,1H3,(H,17,19)/t12-/m0/s1. The summed E-state index contributed by atoms with van der Waals surface area (Å²) in [5, 5.41) is 3.03. The molecule has 1 aromatic rings. The Morgan fingerprint density at radius 3 is 2.84 bits per heavy atom. The first kappa shape index (κ1) is 13.8. The third kappa shape index (κ3) is 3.67. The van der Waals surface area contributed by atoms with Crippen molar-refractivity contribution >= 4 is 11.7 Å². The summed E-state index contributed by atoms with van der Waals surface area (Å²) in [6.07, 6.45) is 4.37. The third-order valence-electron chi connectivity index (χ3n) is 3.59. The van der Waals surface area contributed by atoms with Crippen LogP contribution in [0.4, 0.5) is 5.82 Å². The zero-order valence-corrected chi connectivity index (χ0v) is 11.4. The van der Waals surface area contributed by atoms with Crippen molar-refractivity contribution in [3.05, 3.63) is 24.4 Å². The van der Waals surface area contributed by atoms with Crippen molar-refractivity contribution in [3.8, 4) is 0 Å². The fourth-order valence-corrected chi connectivity index (χ4v) is 2.29. The van der Waals surface area contributed by atoms with E-state index in [9.17, 15) is 4.79 Å². The van der Waals surface area contributed by atoms with Gasteiger partial charge in [0.05, 0.1) is 6.04 Å². The summed E-state index contributed by atoms with van der Waals surface area (Å²) in [5.41, 5.74) is 5.72. The molecule has 1 aromatic heterocycles. The number of pyridine rings is 1. The molecule has 0 aromatic carbocycles. The van der Waals surface area contributed by atoms with E-state index in [1.165, 1.54) is 0 Å². The van der Waals surface area contributed by atoms with Gasteiger partial charge in [0.25, 0.3) is 0 Å². The number of nitrogens with zero attached hydrogens (tertiary/aromatic N) is 2. The zero-order chi connectivity index (χ0) is 13.7. The van der Waals surface area contributed by atoms with Gasteiger partial charge in [0.15, 0.2) is 0 Å². The molecule has 19 heavy (non-hydrogen) atoms. The maximum atomic E-state index is 11.7. The Bertz CT molecular complexity index is 401. The predicted molar refractivity (Wildman–Crippen MR) is 75.9 cm³/mol. The molecule has 104 valence electrons. The number of piperidine rings is 1. The summed E-state index contributed by atoms with van der Waals surface area (Å²) in [7, 11) is 0. The highest BCUT2D eigenvalue weighted by Gasteiger charge is 2.22. The Morgan fingerprint density at radius 1 is 1.53 bits per heavy atom. The molecule has 1 fully saturated rings. The summed E-state index contributed by atoms with van der Waals surface area (Å²) in [6.45, 7) is 3.76. The SMILES string of the molecule is CC[C@H](N)C(=O)NC1CCN(c2ccccn2)CC1. The Labute approximate surface area is 114 Å². The zero-order valence-electron chi connectivity index (χ0n) is 11.4. The Hall–Kier alpha value is -1.62. The lowest BCUT2D eigenvalue weighted by Crippen LogP contribution is -2.49. The molecular formula is C14H22N4O. The van der Waals surface area contributed by atoms with Gasteiger partial charge in [-0.1, -0.05) is 13.0 Å². The van der Waals surface area contributed by atoms with Crippen molar-refractivity contribution in [1.82, 2.24) is 10.3 Å². The van der Waals surface area contributed by atoms with Crippen LogP contribution in [0.15, 0.2) is 24.4 Å². The minimum atomic E-state index is -0.381. The lowest BCUT2D eigenvalue weighted by molar-refractivity contribution is -0.123. The van der Waals surface area contributed by atoms with Gasteiger partial charge < -0.3 is 16.0 Å². The summed E-state index contributed by atoms with van der Waals surface area (Å²) in [6, 6.07) is 5.80. The van der Waals surface area contributed by atoms with Gasteiger partial charge in [0.2, 0.25) is 5.91 Å². The number of amides is 1. The van der Waals surface area contributed by atoms with Crippen LogP contribution in [0.3, 0.4) is 0 Å². The quantitative estimate of drug-likeness (QED) is 0.846. The van der Waals surface area contributed by atoms with Crippen LogP contribution in [0.1, 0.15) is 26.2 Å². The van der Waals surface area contributed by atoms with Gasteiger partial charge in [-0.3, -0.25) is 4.79 Å². The van der Waals surface area contributed by atoms with E-state index in [0.717, 1.165) is 31.7 Å². The van der Waals surface area contributed by atoms with Gasteiger partial charge >= 0.3 is 0 Å². The Kier molecular flexibility index (Phi) is 4.74. The molecule has 5 nitrogen and oxygen atoms in total. The first-order valence-electron chi connectivity index (χ1n) is 6.92. The number of nitrogens with two attached hydrogens (primary N) is 1. The van der Waals surface area contributed by atoms with Crippen LogP contribution in [0.5, 0.6) is 0 Å². The van der Waals surface area contributed by atoms with Crippen molar-refractivity contribution < 1.29 is 4.79 Å². The molecule has 0 spiro atoms. The van der Waals surface area contributed by atoms with Crippen LogP contribution in [0.25, 0.3) is 0 Å². The normalized spacial score (nSPS) is 18.1. The van der Waals surface area contributed by atoms with Crippen molar-refractivity contribution in [2.45, 2.75) is 38.3 Å². The summed E-state index contributed by atoms with van der Waals surface area (Å²) in [4.78, 5) is 18.3. The average Bonchev–Trinajstić information content (AvgIpc) is 2.48. The largest absolute Gasteiger partial charge is 0.356 e. The molecule has 1 atom stereocenters. The van der Waals surface area contributed by atoms with Crippen LogP contribution in [-0.2, 0) is 4.79 Å². The van der Waals surface area contributed by atoms with Gasteiger partial charge in [-0.2, -0.15) is 0 Å². The first-order valence-corrected chi connectivity index (χ1v) is 6.92. The van der Waals surface area contributed by atoms with Crippen LogP contribution >= 0.6 is 0 Å². The molecule has 2 heterocycles. The molecule has 1 aliphatic heterocycles. The molecular weight excluding hydrogens is 240 g/mol. The van der Waals surface area contributed by atoms with Gasteiger partial charge in [0, 0.05) is 25.3 Å². The fraction of sp³-hybridized carbons (Fsp3) is 0.571. The molecule has 0 saturated carbocycles. The Morgan fingerprint density at radius 2 is 2.26 bits per heavy atom. The van der Waals surface area contributed by atoms with E-state index in [1.807, 2.05) is 31.3 Å². The number of nitrogens with one attached hydrogen (secondary N) is 1. The molecule has 0 aliphatic carbocycles. The monoisotopic (exact) mass is 262 g/mol. The number of anilines is 1. The second kappa shape index (κ2) is 6.52. The van der Waals surface area contributed by atoms with Gasteiger partial charge in [0.1, 0.15) is 5.82 Å². The maximum absolute atomic E-state index is 11.7. The van der Waals surface area contributed by atoms with Crippen molar-refractivity contribution in [3.63, 3.8) is 0 Å². The number of hydrogen-bond acceptors (Lipinski definition) is 4. The second-order valence-electron chi connectivity index (χ2n) is 4.97. The molecule has 5 heteroatoms. The number of rotatable bonds is 4. The van der Waals surface area contributed by atoms with Crippen LogP contribution in [-0.4, -0.2) is 36.1 Å². The van der Waals surface area contributed by atoms with E-state index < -0.39 is 0 Å². The Balaban J connectivity index is 1.81. The van der Waals surface area contributed by atoms with E-state index in [0.29, 0.717) is 6.42 Å². The maximum Gasteiger partial charge on any atom is 0.237 e. The number of carbonyl (C=O) groups is 1. The van der Waals surface area contributed by atoms with Crippen molar-refractivity contribution in [1.29, 1.82) is 0 Å². The first-order chi connectivity index (χ1) is 9.20. The minimum Gasteiger partial charge on any atom is -0.356 e. The van der Waals surface area contributed by atoms with E-state index in [-0.39, 0.29) is 18.0 Å². The van der Waals surface area contributed by atoms with E-state index in [1.54, 1.807) is 0 Å². The molecule has 0 unspecified atom stereocenters. The second-order valence-corrected chi connectivity index (χ2v) is 4.97. The summed E-state index contributed by atoms with van der Waals surface area (Å²) in [5.74, 6) is 0.983. The number of carbonyl (C=O) groups excluding carboxylic acids is 1. The smallest absolute Gasteiger partial charge is 0.237 e. The van der Waals surface area contributed by atoms with Gasteiger partial charge in [-0.15, -0.1) is 0 Å². The predicted octanol–water partition coefficient (Wildman–Crippen LogP) is 0.904. The number of hydrogen-bond donors (Lipinski definition) is 2. The number of aromatic nitrogens is 1. The van der Waals surface area contributed by atoms with Crippen LogP contribution < -0.4 is 16.0 Å². The molecule has 1 saturated heterocycles. The molecule has 3 N–H and O–H groups in total. The average molecular weight is 262 g/mol. The fourth-order valence-electron chi connectivity index (χ4n) is 2.29. The van der Waals surface area contributed by atoms with Crippen molar-refractivity contribution in [2.75, 3.05) is 18.0 Å². The lowest BCUT2D eigenvalue weighted by Gasteiger charge is -2.33. The highest BCUT2D eigenvalue weighted by atomic mass is 16.2. The molecule has 1 aliphatic rings. The third-order valence-corrected chi connectivity index (χ3v) is 3.59. The molecule has 1 amide bonds. The van der Waals surface area contributed by atoms with Crippen LogP contribution in [0.2, 0.25) is 0 Å².